The van der Waals surface area contributed by atoms with Gasteiger partial charge in [-0.2, -0.15) is 4.68 Å². The zero-order valence-electron chi connectivity index (χ0n) is 17.6. The molecule has 0 aliphatic heterocycles. The zero-order valence-corrected chi connectivity index (χ0v) is 18.3. The van der Waals surface area contributed by atoms with Crippen LogP contribution in [0.1, 0.15) is 34.1 Å². The smallest absolute Gasteiger partial charge is 0.273 e. The number of amides is 2. The number of hydrogen-bond acceptors (Lipinski definition) is 8. The first-order chi connectivity index (χ1) is 15.5. The molecular weight excluding hydrogens is 440 g/mol. The summed E-state index contributed by atoms with van der Waals surface area (Å²) in [4.78, 5) is 25.1. The molecule has 0 atom stereocenters. The molecule has 0 radical (unpaired) electrons. The molecule has 168 valence electrons. The second kappa shape index (κ2) is 10.4. The SMILES string of the molecule is CCCOc1ccc(C(=O)NNC(=O)c2cc(Cl)c(-n3cnnn3)cc2OC)cc1OC. The van der Waals surface area contributed by atoms with E-state index in [1.54, 1.807) is 12.1 Å². The van der Waals surface area contributed by atoms with Gasteiger partial charge in [-0.1, -0.05) is 18.5 Å². The second-order valence-corrected chi connectivity index (χ2v) is 6.79. The summed E-state index contributed by atoms with van der Waals surface area (Å²) >= 11 is 6.27. The van der Waals surface area contributed by atoms with Crippen LogP contribution in [0.15, 0.2) is 36.7 Å². The number of carbonyl (C=O) groups excluding carboxylic acids is 2. The van der Waals surface area contributed by atoms with Crippen molar-refractivity contribution < 1.29 is 23.8 Å². The van der Waals surface area contributed by atoms with Gasteiger partial charge in [0.15, 0.2) is 11.5 Å². The normalized spacial score (nSPS) is 10.4. The Kier molecular flexibility index (Phi) is 7.45. The first kappa shape index (κ1) is 22.8. The molecule has 0 aliphatic carbocycles. The van der Waals surface area contributed by atoms with Gasteiger partial charge in [0.25, 0.3) is 11.8 Å². The van der Waals surface area contributed by atoms with Crippen LogP contribution in [0.3, 0.4) is 0 Å². The van der Waals surface area contributed by atoms with Gasteiger partial charge in [-0.3, -0.25) is 20.4 Å². The van der Waals surface area contributed by atoms with Gasteiger partial charge in [0.2, 0.25) is 0 Å². The molecular formula is C20H21ClN6O5. The third kappa shape index (κ3) is 5.06. The molecule has 12 heteroatoms. The molecule has 0 unspecified atom stereocenters. The highest BCUT2D eigenvalue weighted by Crippen LogP contribution is 2.30. The van der Waals surface area contributed by atoms with E-state index in [9.17, 15) is 9.59 Å². The van der Waals surface area contributed by atoms with Crippen LogP contribution < -0.4 is 25.1 Å². The highest BCUT2D eigenvalue weighted by molar-refractivity contribution is 6.33. The van der Waals surface area contributed by atoms with Crippen molar-refractivity contribution in [3.63, 3.8) is 0 Å². The minimum absolute atomic E-state index is 0.107. The van der Waals surface area contributed by atoms with Gasteiger partial charge in [0.1, 0.15) is 12.1 Å². The van der Waals surface area contributed by atoms with E-state index < -0.39 is 11.8 Å². The number of hydrazine groups is 1. The average Bonchev–Trinajstić information content (AvgIpc) is 3.35. The molecule has 0 bridgehead atoms. The van der Waals surface area contributed by atoms with E-state index in [-0.39, 0.29) is 21.9 Å². The van der Waals surface area contributed by atoms with Crippen molar-refractivity contribution in [1.29, 1.82) is 0 Å². The molecule has 2 aromatic carbocycles. The molecule has 3 rings (SSSR count). The summed E-state index contributed by atoms with van der Waals surface area (Å²) in [6.45, 7) is 2.51. The molecule has 0 spiro atoms. The first-order valence-electron chi connectivity index (χ1n) is 9.50. The van der Waals surface area contributed by atoms with Crippen LogP contribution >= 0.6 is 11.6 Å². The van der Waals surface area contributed by atoms with Crippen LogP contribution in [-0.2, 0) is 0 Å². The van der Waals surface area contributed by atoms with Crippen LogP contribution in [0.25, 0.3) is 5.69 Å². The number of nitrogens with zero attached hydrogens (tertiary/aromatic N) is 4. The van der Waals surface area contributed by atoms with Crippen molar-refractivity contribution >= 4 is 23.4 Å². The maximum atomic E-state index is 12.6. The van der Waals surface area contributed by atoms with Crippen LogP contribution in [0, 0.1) is 0 Å². The fourth-order valence-electron chi connectivity index (χ4n) is 2.73. The summed E-state index contributed by atoms with van der Waals surface area (Å²) in [7, 11) is 2.88. The summed E-state index contributed by atoms with van der Waals surface area (Å²) < 4.78 is 17.5. The molecule has 2 amide bonds. The van der Waals surface area contributed by atoms with Crippen LogP contribution in [-0.4, -0.2) is 52.8 Å². The highest BCUT2D eigenvalue weighted by atomic mass is 35.5. The minimum atomic E-state index is -0.629. The van der Waals surface area contributed by atoms with E-state index in [4.69, 9.17) is 25.8 Å². The number of rotatable bonds is 8. The third-order valence-electron chi connectivity index (χ3n) is 4.29. The lowest BCUT2D eigenvalue weighted by molar-refractivity contribution is 0.0844. The number of hydrogen-bond donors (Lipinski definition) is 2. The molecule has 1 heterocycles. The molecule has 11 nitrogen and oxygen atoms in total. The fourth-order valence-corrected chi connectivity index (χ4v) is 2.98. The van der Waals surface area contributed by atoms with E-state index in [1.807, 2.05) is 6.92 Å². The molecule has 0 saturated carbocycles. The molecule has 32 heavy (non-hydrogen) atoms. The van der Waals surface area contributed by atoms with Gasteiger partial charge in [-0.15, -0.1) is 5.10 Å². The van der Waals surface area contributed by atoms with Gasteiger partial charge in [0, 0.05) is 11.6 Å². The summed E-state index contributed by atoms with van der Waals surface area (Å²) in [5.41, 5.74) is 5.49. The minimum Gasteiger partial charge on any atom is -0.496 e. The van der Waals surface area contributed by atoms with Crippen molar-refractivity contribution in [3.05, 3.63) is 52.8 Å². The van der Waals surface area contributed by atoms with Crippen molar-refractivity contribution in [1.82, 2.24) is 31.1 Å². The average molecular weight is 461 g/mol. The predicted molar refractivity (Wildman–Crippen MR) is 114 cm³/mol. The molecule has 1 aromatic heterocycles. The monoisotopic (exact) mass is 460 g/mol. The van der Waals surface area contributed by atoms with Gasteiger partial charge >= 0.3 is 0 Å². The van der Waals surface area contributed by atoms with E-state index in [0.29, 0.717) is 23.8 Å². The number of tetrazole rings is 1. The molecule has 0 fully saturated rings. The summed E-state index contributed by atoms with van der Waals surface area (Å²) in [6, 6.07) is 7.61. The number of nitrogens with one attached hydrogen (secondary N) is 2. The maximum Gasteiger partial charge on any atom is 0.273 e. The molecule has 3 aromatic rings. The Hall–Kier alpha value is -3.86. The van der Waals surface area contributed by atoms with Crippen molar-refractivity contribution in [3.8, 4) is 22.9 Å². The summed E-state index contributed by atoms with van der Waals surface area (Å²) in [6.07, 6.45) is 2.19. The van der Waals surface area contributed by atoms with Crippen LogP contribution in [0.5, 0.6) is 17.2 Å². The van der Waals surface area contributed by atoms with Crippen LogP contribution in [0.4, 0.5) is 0 Å². The van der Waals surface area contributed by atoms with Gasteiger partial charge < -0.3 is 14.2 Å². The predicted octanol–water partition coefficient (Wildman–Crippen LogP) is 2.20. The summed E-state index contributed by atoms with van der Waals surface area (Å²) in [5.74, 6) is -0.0314. The van der Waals surface area contributed by atoms with Crippen molar-refractivity contribution in [2.45, 2.75) is 13.3 Å². The summed E-state index contributed by atoms with van der Waals surface area (Å²) in [5, 5.41) is 11.1. The number of aromatic nitrogens is 4. The van der Waals surface area contributed by atoms with Gasteiger partial charge in [-0.25, -0.2) is 0 Å². The van der Waals surface area contributed by atoms with Gasteiger partial charge in [-0.05, 0) is 41.1 Å². The largest absolute Gasteiger partial charge is 0.496 e. The Labute approximate surface area is 188 Å². The van der Waals surface area contributed by atoms with E-state index in [0.717, 1.165) is 6.42 Å². The zero-order chi connectivity index (χ0) is 23.1. The second-order valence-electron chi connectivity index (χ2n) is 6.38. The standard InChI is InChI=1S/C20H21ClN6O5/c1-4-7-32-16-6-5-12(8-18(16)31-3)19(28)23-24-20(29)13-9-14(21)15(10-17(13)30-2)27-11-22-25-26-27/h5-6,8-11H,4,7H2,1-3H3,(H,23,28)(H,24,29). The highest BCUT2D eigenvalue weighted by Gasteiger charge is 2.19. The van der Waals surface area contributed by atoms with Crippen LogP contribution in [0.2, 0.25) is 5.02 Å². The first-order valence-corrected chi connectivity index (χ1v) is 9.88. The number of carbonyl (C=O) groups is 2. The van der Waals surface area contributed by atoms with Crippen molar-refractivity contribution in [2.24, 2.45) is 0 Å². The number of ether oxygens (including phenoxy) is 3. The van der Waals surface area contributed by atoms with Crippen molar-refractivity contribution in [2.75, 3.05) is 20.8 Å². The lowest BCUT2D eigenvalue weighted by Crippen LogP contribution is -2.41. The molecule has 0 aliphatic rings. The van der Waals surface area contributed by atoms with E-state index in [1.165, 1.54) is 43.4 Å². The third-order valence-corrected chi connectivity index (χ3v) is 4.59. The Morgan fingerprint density at radius 2 is 1.78 bits per heavy atom. The number of halogens is 1. The lowest BCUT2D eigenvalue weighted by Gasteiger charge is -2.14. The Bertz CT molecular complexity index is 1110. The van der Waals surface area contributed by atoms with E-state index >= 15 is 0 Å². The Morgan fingerprint density at radius 1 is 1.03 bits per heavy atom. The Balaban J connectivity index is 1.73. The lowest BCUT2D eigenvalue weighted by atomic mass is 10.1. The number of methoxy groups -OCH3 is 2. The van der Waals surface area contributed by atoms with Gasteiger partial charge in [0.05, 0.1) is 37.1 Å². The quantitative estimate of drug-likeness (QED) is 0.489. The Morgan fingerprint density at radius 3 is 2.44 bits per heavy atom. The number of benzene rings is 2. The molecule has 0 saturated heterocycles. The molecule has 2 N–H and O–H groups in total. The maximum absolute atomic E-state index is 12.6. The van der Waals surface area contributed by atoms with E-state index in [2.05, 4.69) is 26.4 Å². The fraction of sp³-hybridized carbons (Fsp3) is 0.250. The topological polar surface area (TPSA) is 129 Å².